The summed E-state index contributed by atoms with van der Waals surface area (Å²) in [5.74, 6) is 1.92. The van der Waals surface area contributed by atoms with Crippen molar-refractivity contribution in [3.63, 3.8) is 0 Å². The van der Waals surface area contributed by atoms with E-state index in [9.17, 15) is 4.79 Å². The van der Waals surface area contributed by atoms with E-state index in [0.29, 0.717) is 24.7 Å². The standard InChI is InChI=1S/C17H17NO4/c19-17(12-20-13-6-2-1-3-7-13)18-10-14-11-21-15-8-4-5-9-16(15)22-14/h1-9,14H,10-12H2,(H,18,19)/t14-/m0/s1. The molecular weight excluding hydrogens is 282 g/mol. The first-order valence-corrected chi connectivity index (χ1v) is 7.14. The molecule has 1 N–H and O–H groups in total. The molecule has 1 aliphatic heterocycles. The zero-order chi connectivity index (χ0) is 15.2. The highest BCUT2D eigenvalue weighted by atomic mass is 16.6. The number of hydrogen-bond donors (Lipinski definition) is 1. The van der Waals surface area contributed by atoms with Crippen molar-refractivity contribution in [2.24, 2.45) is 0 Å². The fourth-order valence-corrected chi connectivity index (χ4v) is 2.11. The second kappa shape index (κ2) is 6.85. The monoisotopic (exact) mass is 299 g/mol. The third-order valence-electron chi connectivity index (χ3n) is 3.21. The van der Waals surface area contributed by atoms with Gasteiger partial charge in [0, 0.05) is 0 Å². The maximum atomic E-state index is 11.8. The summed E-state index contributed by atoms with van der Waals surface area (Å²) < 4.78 is 16.7. The molecule has 0 saturated carbocycles. The highest BCUT2D eigenvalue weighted by Crippen LogP contribution is 2.30. The molecule has 0 saturated heterocycles. The second-order valence-electron chi connectivity index (χ2n) is 4.90. The fourth-order valence-electron chi connectivity index (χ4n) is 2.11. The maximum Gasteiger partial charge on any atom is 0.258 e. The molecule has 2 aromatic rings. The summed E-state index contributed by atoms with van der Waals surface area (Å²) in [6.45, 7) is 0.774. The van der Waals surface area contributed by atoms with Crippen LogP contribution in [0.25, 0.3) is 0 Å². The van der Waals surface area contributed by atoms with Gasteiger partial charge in [0.25, 0.3) is 5.91 Å². The predicted octanol–water partition coefficient (Wildman–Crippen LogP) is 2.02. The zero-order valence-electron chi connectivity index (χ0n) is 12.0. The lowest BCUT2D eigenvalue weighted by molar-refractivity contribution is -0.123. The van der Waals surface area contributed by atoms with E-state index < -0.39 is 0 Å². The Kier molecular flexibility index (Phi) is 4.44. The van der Waals surface area contributed by atoms with Gasteiger partial charge in [-0.15, -0.1) is 0 Å². The molecule has 1 atom stereocenters. The van der Waals surface area contributed by atoms with E-state index in [1.807, 2.05) is 54.6 Å². The molecule has 114 valence electrons. The topological polar surface area (TPSA) is 56.8 Å². The van der Waals surface area contributed by atoms with Crippen LogP contribution in [0.3, 0.4) is 0 Å². The average Bonchev–Trinajstić information content (AvgIpc) is 2.59. The van der Waals surface area contributed by atoms with Crippen molar-refractivity contribution in [2.45, 2.75) is 6.10 Å². The van der Waals surface area contributed by atoms with Crippen LogP contribution in [0, 0.1) is 0 Å². The van der Waals surface area contributed by atoms with Crippen molar-refractivity contribution in [1.82, 2.24) is 5.32 Å². The van der Waals surface area contributed by atoms with E-state index in [1.165, 1.54) is 0 Å². The van der Waals surface area contributed by atoms with E-state index in [0.717, 1.165) is 5.75 Å². The fraction of sp³-hybridized carbons (Fsp3) is 0.235. The smallest absolute Gasteiger partial charge is 0.258 e. The van der Waals surface area contributed by atoms with Crippen LogP contribution in [0.4, 0.5) is 0 Å². The van der Waals surface area contributed by atoms with Gasteiger partial charge in [-0.1, -0.05) is 30.3 Å². The number of fused-ring (bicyclic) bond motifs is 1. The third-order valence-corrected chi connectivity index (χ3v) is 3.21. The Morgan fingerprint density at radius 3 is 2.64 bits per heavy atom. The summed E-state index contributed by atoms with van der Waals surface area (Å²) >= 11 is 0. The molecule has 2 aromatic carbocycles. The summed E-state index contributed by atoms with van der Waals surface area (Å²) in [6.07, 6.45) is -0.199. The third kappa shape index (κ3) is 3.69. The first-order valence-electron chi connectivity index (χ1n) is 7.14. The van der Waals surface area contributed by atoms with Crippen LogP contribution in [-0.2, 0) is 4.79 Å². The van der Waals surface area contributed by atoms with E-state index >= 15 is 0 Å². The summed E-state index contributed by atoms with van der Waals surface area (Å²) in [6, 6.07) is 16.7. The van der Waals surface area contributed by atoms with Crippen molar-refractivity contribution >= 4 is 5.91 Å². The van der Waals surface area contributed by atoms with Crippen LogP contribution < -0.4 is 19.5 Å². The largest absolute Gasteiger partial charge is 0.486 e. The number of para-hydroxylation sites is 3. The molecule has 0 bridgehead atoms. The summed E-state index contributed by atoms with van der Waals surface area (Å²) in [4.78, 5) is 11.8. The van der Waals surface area contributed by atoms with Crippen LogP contribution in [0.2, 0.25) is 0 Å². The van der Waals surface area contributed by atoms with E-state index in [2.05, 4.69) is 5.32 Å². The van der Waals surface area contributed by atoms with Gasteiger partial charge < -0.3 is 19.5 Å². The summed E-state index contributed by atoms with van der Waals surface area (Å²) in [7, 11) is 0. The van der Waals surface area contributed by atoms with Gasteiger partial charge >= 0.3 is 0 Å². The molecule has 5 nitrogen and oxygen atoms in total. The lowest BCUT2D eigenvalue weighted by Gasteiger charge is -2.26. The van der Waals surface area contributed by atoms with E-state index in [-0.39, 0.29) is 18.6 Å². The molecule has 5 heteroatoms. The Bertz CT molecular complexity index is 630. The molecular formula is C17H17NO4. The second-order valence-corrected chi connectivity index (χ2v) is 4.90. The minimum Gasteiger partial charge on any atom is -0.486 e. The van der Waals surface area contributed by atoms with Crippen LogP contribution in [-0.4, -0.2) is 31.8 Å². The number of hydrogen-bond acceptors (Lipinski definition) is 4. The predicted molar refractivity (Wildman–Crippen MR) is 81.3 cm³/mol. The van der Waals surface area contributed by atoms with Gasteiger partial charge in [-0.2, -0.15) is 0 Å². The van der Waals surface area contributed by atoms with Gasteiger partial charge in [0.2, 0.25) is 0 Å². The molecule has 0 fully saturated rings. The van der Waals surface area contributed by atoms with Gasteiger partial charge in [0.1, 0.15) is 18.5 Å². The first-order chi connectivity index (χ1) is 10.8. The molecule has 1 heterocycles. The van der Waals surface area contributed by atoms with E-state index in [1.54, 1.807) is 0 Å². The van der Waals surface area contributed by atoms with Crippen molar-refractivity contribution in [1.29, 1.82) is 0 Å². The molecule has 0 aliphatic carbocycles. The molecule has 1 amide bonds. The number of rotatable bonds is 5. The molecule has 0 radical (unpaired) electrons. The normalized spacial score (nSPS) is 15.9. The summed E-state index contributed by atoms with van der Waals surface area (Å²) in [5.41, 5.74) is 0. The lowest BCUT2D eigenvalue weighted by Crippen LogP contribution is -2.42. The molecule has 0 unspecified atom stereocenters. The molecule has 3 rings (SSSR count). The van der Waals surface area contributed by atoms with Crippen LogP contribution in [0.5, 0.6) is 17.2 Å². The van der Waals surface area contributed by atoms with Crippen molar-refractivity contribution in [3.05, 3.63) is 54.6 Å². The minimum atomic E-state index is -0.199. The summed E-state index contributed by atoms with van der Waals surface area (Å²) in [5, 5.41) is 2.78. The van der Waals surface area contributed by atoms with Gasteiger partial charge in [-0.3, -0.25) is 4.79 Å². The van der Waals surface area contributed by atoms with Crippen LogP contribution in [0.15, 0.2) is 54.6 Å². The van der Waals surface area contributed by atoms with Gasteiger partial charge in [-0.05, 0) is 24.3 Å². The van der Waals surface area contributed by atoms with Crippen molar-refractivity contribution in [3.8, 4) is 17.2 Å². The SMILES string of the molecule is O=C(COc1ccccc1)NC[C@H]1COc2ccccc2O1. The number of nitrogens with one attached hydrogen (secondary N) is 1. The highest BCUT2D eigenvalue weighted by Gasteiger charge is 2.20. The van der Waals surface area contributed by atoms with Gasteiger partial charge in [-0.25, -0.2) is 0 Å². The van der Waals surface area contributed by atoms with Gasteiger partial charge in [0.05, 0.1) is 6.54 Å². The number of carbonyl (C=O) groups is 1. The average molecular weight is 299 g/mol. The maximum absolute atomic E-state index is 11.8. The Morgan fingerprint density at radius 1 is 1.09 bits per heavy atom. The quantitative estimate of drug-likeness (QED) is 0.917. The van der Waals surface area contributed by atoms with Crippen molar-refractivity contribution < 1.29 is 19.0 Å². The van der Waals surface area contributed by atoms with Crippen LogP contribution >= 0.6 is 0 Å². The number of ether oxygens (including phenoxy) is 3. The number of benzene rings is 2. The number of amides is 1. The Morgan fingerprint density at radius 2 is 1.82 bits per heavy atom. The molecule has 1 aliphatic rings. The zero-order valence-corrected chi connectivity index (χ0v) is 12.0. The lowest BCUT2D eigenvalue weighted by atomic mass is 10.2. The minimum absolute atomic E-state index is 0.0197. The molecule has 0 aromatic heterocycles. The first kappa shape index (κ1) is 14.3. The Hall–Kier alpha value is -2.69. The Balaban J connectivity index is 1.42. The van der Waals surface area contributed by atoms with Crippen LogP contribution in [0.1, 0.15) is 0 Å². The van der Waals surface area contributed by atoms with E-state index in [4.69, 9.17) is 14.2 Å². The molecule has 0 spiro atoms. The van der Waals surface area contributed by atoms with Crippen molar-refractivity contribution in [2.75, 3.05) is 19.8 Å². The molecule has 22 heavy (non-hydrogen) atoms. The van der Waals surface area contributed by atoms with Gasteiger partial charge in [0.15, 0.2) is 18.1 Å². The highest BCUT2D eigenvalue weighted by molar-refractivity contribution is 5.77. The Labute approximate surface area is 128 Å². The number of carbonyl (C=O) groups excluding carboxylic acids is 1.